The van der Waals surface area contributed by atoms with Crippen LogP contribution in [0, 0.1) is 17.3 Å². The molecule has 42 heavy (non-hydrogen) atoms. The van der Waals surface area contributed by atoms with Gasteiger partial charge in [0.15, 0.2) is 25.6 Å². The second-order valence-corrected chi connectivity index (χ2v) is 15.7. The van der Waals surface area contributed by atoms with Gasteiger partial charge < -0.3 is 13.9 Å². The van der Waals surface area contributed by atoms with E-state index in [9.17, 15) is 9.59 Å². The normalized spacial score (nSPS) is 21.1. The lowest BCUT2D eigenvalue weighted by atomic mass is 9.74. The first-order valence-electron chi connectivity index (χ1n) is 14.0. The molecule has 12 heteroatoms. The van der Waals surface area contributed by atoms with Crippen LogP contribution in [0.2, 0.25) is 18.2 Å². The molecule has 1 saturated carbocycles. The Morgan fingerprint density at radius 3 is 2.40 bits per heavy atom. The Balaban J connectivity index is 1.76. The Hall–Kier alpha value is -3.28. The minimum absolute atomic E-state index is 0.0234. The molecule has 3 aromatic rings. The highest BCUT2D eigenvalue weighted by Crippen LogP contribution is 2.55. The van der Waals surface area contributed by atoms with Crippen LogP contribution in [-0.4, -0.2) is 52.8 Å². The molecule has 1 fully saturated rings. The van der Waals surface area contributed by atoms with Gasteiger partial charge in [0.05, 0.1) is 18.5 Å². The van der Waals surface area contributed by atoms with E-state index in [4.69, 9.17) is 25.5 Å². The van der Waals surface area contributed by atoms with Gasteiger partial charge in [-0.05, 0) is 62.9 Å². The molecule has 10 nitrogen and oxygen atoms in total. The van der Waals surface area contributed by atoms with E-state index in [1.165, 1.54) is 0 Å². The Bertz CT molecular complexity index is 1480. The van der Waals surface area contributed by atoms with Crippen molar-refractivity contribution in [1.82, 2.24) is 19.5 Å². The lowest BCUT2D eigenvalue weighted by Crippen LogP contribution is -2.40. The number of fused-ring (bicyclic) bond motifs is 1. The highest BCUT2D eigenvalue weighted by molar-refractivity contribution is 6.48. The number of ether oxygens (including phenoxy) is 2. The van der Waals surface area contributed by atoms with E-state index in [1.807, 2.05) is 10.6 Å². The van der Waals surface area contributed by atoms with Crippen molar-refractivity contribution < 1.29 is 23.5 Å². The maximum Gasteiger partial charge on any atom is 0.414 e. The number of carbonyl (C=O) groups is 2. The van der Waals surface area contributed by atoms with Gasteiger partial charge in [0.1, 0.15) is 11.1 Å². The Morgan fingerprint density at radius 1 is 1.14 bits per heavy atom. The summed E-state index contributed by atoms with van der Waals surface area (Å²) in [5, 5.41) is 2.65. The van der Waals surface area contributed by atoms with Crippen molar-refractivity contribution in [3.8, 4) is 0 Å². The molecule has 1 aliphatic carbocycles. The van der Waals surface area contributed by atoms with Crippen LogP contribution in [0.4, 0.5) is 10.7 Å². The van der Waals surface area contributed by atoms with Crippen LogP contribution in [0.3, 0.4) is 0 Å². The number of halogens is 1. The third-order valence-electron chi connectivity index (χ3n) is 7.23. The number of nitrogens with zero attached hydrogens (tertiary/aromatic N) is 4. The van der Waals surface area contributed by atoms with Gasteiger partial charge in [-0.15, -0.1) is 0 Å². The number of hydrogen-bond donors (Lipinski definition) is 1. The predicted octanol–water partition coefficient (Wildman–Crippen LogP) is 6.57. The Morgan fingerprint density at radius 2 is 1.81 bits per heavy atom. The summed E-state index contributed by atoms with van der Waals surface area (Å²) in [5.41, 5.74) is 0.0795. The molecule has 0 radical (unpaired) electrons. The smallest absolute Gasteiger partial charge is 0.414 e. The molecule has 3 atom stereocenters. The monoisotopic (exact) mass is 613 g/mol. The fourth-order valence-corrected chi connectivity index (χ4v) is 6.81. The summed E-state index contributed by atoms with van der Waals surface area (Å²) in [6.45, 7) is 20.6. The summed E-state index contributed by atoms with van der Waals surface area (Å²) in [6.07, 6.45) is 1.47. The zero-order valence-electron chi connectivity index (χ0n) is 25.5. The number of anilines is 1. The first-order valence-corrected chi connectivity index (χ1v) is 17.2. The SMILES string of the molecule is C=C1[C@H](COC(=O)c2ccccc2)[C@@H](C(C)(C)C)C[C@@]1(O[SiH](C)C)n1cnc2c(Cl)nc(NC(=O)OC(C)(C)C)nc21. The van der Waals surface area contributed by atoms with Gasteiger partial charge in [0, 0.05) is 12.3 Å². The standard InChI is InChI=1S/C30H40ClN5O5Si/c1-18-20(16-39-25(37)19-13-11-10-12-14-19)21(28(2,3)4)15-30(18,41-42(8)9)36-17-32-22-23(31)33-26(34-24(22)36)35-27(38)40-29(5,6)7/h10-14,17,20-21,42H,1,15-16H2,2-9H3,(H,33,34,35,38)/t20-,21-,30-/m0/s1. The van der Waals surface area contributed by atoms with Crippen LogP contribution in [0.15, 0.2) is 48.8 Å². The molecule has 2 heterocycles. The highest BCUT2D eigenvalue weighted by atomic mass is 35.5. The minimum Gasteiger partial charge on any atom is -0.461 e. The number of imidazole rings is 1. The van der Waals surface area contributed by atoms with Crippen LogP contribution in [-0.2, 0) is 19.6 Å². The van der Waals surface area contributed by atoms with Gasteiger partial charge in [0.25, 0.3) is 0 Å². The van der Waals surface area contributed by atoms with Crippen LogP contribution in [0.1, 0.15) is 58.3 Å². The second-order valence-electron chi connectivity index (χ2n) is 13.0. The van der Waals surface area contributed by atoms with Crippen LogP contribution in [0.5, 0.6) is 0 Å². The average Bonchev–Trinajstić information content (AvgIpc) is 3.42. The molecule has 1 aliphatic rings. The lowest BCUT2D eigenvalue weighted by molar-refractivity contribution is 0.0206. The largest absolute Gasteiger partial charge is 0.461 e. The highest BCUT2D eigenvalue weighted by Gasteiger charge is 2.55. The summed E-state index contributed by atoms with van der Waals surface area (Å²) >= 11 is 6.53. The van der Waals surface area contributed by atoms with Crippen molar-refractivity contribution >= 4 is 49.8 Å². The lowest BCUT2D eigenvalue weighted by Gasteiger charge is -2.36. The average molecular weight is 614 g/mol. The zero-order chi connectivity index (χ0) is 31.0. The van der Waals surface area contributed by atoms with Crippen molar-refractivity contribution in [1.29, 1.82) is 0 Å². The molecule has 0 unspecified atom stereocenters. The molecular formula is C30H40ClN5O5Si. The molecule has 0 bridgehead atoms. The van der Waals surface area contributed by atoms with Crippen LogP contribution >= 0.6 is 11.6 Å². The number of nitrogens with one attached hydrogen (secondary N) is 1. The molecule has 226 valence electrons. The molecule has 1 amide bonds. The number of aromatic nitrogens is 4. The van der Waals surface area contributed by atoms with Crippen molar-refractivity contribution in [3.05, 3.63) is 59.5 Å². The molecule has 1 aromatic carbocycles. The fourth-order valence-electron chi connectivity index (χ4n) is 5.46. The molecular weight excluding hydrogens is 574 g/mol. The van der Waals surface area contributed by atoms with Gasteiger partial charge in [-0.3, -0.25) is 9.88 Å². The molecule has 2 aromatic heterocycles. The zero-order valence-corrected chi connectivity index (χ0v) is 27.4. The summed E-state index contributed by atoms with van der Waals surface area (Å²) in [6, 6.07) is 8.92. The molecule has 0 aliphatic heterocycles. The molecule has 4 rings (SSSR count). The number of hydrogen-bond acceptors (Lipinski definition) is 8. The third-order valence-corrected chi connectivity index (χ3v) is 8.36. The van der Waals surface area contributed by atoms with E-state index in [-0.39, 0.29) is 35.0 Å². The van der Waals surface area contributed by atoms with E-state index in [2.05, 4.69) is 60.7 Å². The van der Waals surface area contributed by atoms with Gasteiger partial charge in [-0.1, -0.05) is 57.2 Å². The molecule has 0 saturated heterocycles. The van der Waals surface area contributed by atoms with Gasteiger partial charge >= 0.3 is 12.1 Å². The first kappa shape index (κ1) is 31.6. The summed E-state index contributed by atoms with van der Waals surface area (Å²) in [7, 11) is -1.71. The Labute approximate surface area is 253 Å². The Kier molecular flexibility index (Phi) is 8.87. The van der Waals surface area contributed by atoms with Gasteiger partial charge in [-0.2, -0.15) is 9.97 Å². The summed E-state index contributed by atoms with van der Waals surface area (Å²) < 4.78 is 19.9. The number of benzene rings is 1. The summed E-state index contributed by atoms with van der Waals surface area (Å²) in [5.74, 6) is -0.585. The third kappa shape index (κ3) is 6.68. The van der Waals surface area contributed by atoms with Crippen LogP contribution in [0.25, 0.3) is 11.2 Å². The quantitative estimate of drug-likeness (QED) is 0.137. The van der Waals surface area contributed by atoms with Crippen molar-refractivity contribution in [2.75, 3.05) is 11.9 Å². The fraction of sp³-hybridized carbons (Fsp3) is 0.500. The minimum atomic E-state index is -1.71. The van der Waals surface area contributed by atoms with E-state index < -0.39 is 32.4 Å². The maximum absolute atomic E-state index is 12.9. The van der Waals surface area contributed by atoms with E-state index in [0.29, 0.717) is 23.1 Å². The molecule has 1 N–H and O–H groups in total. The van der Waals surface area contributed by atoms with Crippen molar-refractivity contribution in [2.45, 2.75) is 72.4 Å². The summed E-state index contributed by atoms with van der Waals surface area (Å²) in [4.78, 5) is 38.7. The van der Waals surface area contributed by atoms with E-state index in [0.717, 1.165) is 5.57 Å². The van der Waals surface area contributed by atoms with E-state index >= 15 is 0 Å². The van der Waals surface area contributed by atoms with E-state index in [1.54, 1.807) is 51.4 Å². The number of amides is 1. The number of carbonyl (C=O) groups excluding carboxylic acids is 2. The van der Waals surface area contributed by atoms with Crippen LogP contribution < -0.4 is 5.32 Å². The maximum atomic E-state index is 12.9. The molecule has 0 spiro atoms. The first-order chi connectivity index (χ1) is 19.5. The number of esters is 1. The second kappa shape index (κ2) is 11.8. The van der Waals surface area contributed by atoms with Gasteiger partial charge in [0.2, 0.25) is 5.95 Å². The van der Waals surface area contributed by atoms with Crippen molar-refractivity contribution in [3.63, 3.8) is 0 Å². The number of rotatable bonds is 7. The van der Waals surface area contributed by atoms with Gasteiger partial charge in [-0.25, -0.2) is 14.6 Å². The van der Waals surface area contributed by atoms with Crippen molar-refractivity contribution in [2.24, 2.45) is 17.3 Å². The topological polar surface area (TPSA) is 117 Å². The predicted molar refractivity (Wildman–Crippen MR) is 165 cm³/mol.